The third-order valence-electron chi connectivity index (χ3n) is 4.38. The highest BCUT2D eigenvalue weighted by Gasteiger charge is 2.33. The van der Waals surface area contributed by atoms with Crippen LogP contribution in [0.15, 0.2) is 64.8 Å². The van der Waals surface area contributed by atoms with Crippen LogP contribution >= 0.6 is 0 Å². The number of carbonyl (C=O) groups is 2. The van der Waals surface area contributed by atoms with Gasteiger partial charge < -0.3 is 9.47 Å². The number of anilines is 1. The minimum atomic E-state index is -0.818. The van der Waals surface area contributed by atoms with Gasteiger partial charge in [0.05, 0.1) is 11.4 Å². The lowest BCUT2D eigenvalue weighted by molar-refractivity contribution is -0.130. The summed E-state index contributed by atoms with van der Waals surface area (Å²) < 4.78 is 11.1. The van der Waals surface area contributed by atoms with Crippen LogP contribution in [0.1, 0.15) is 6.92 Å². The molecule has 0 unspecified atom stereocenters. The van der Waals surface area contributed by atoms with Gasteiger partial charge in [-0.05, 0) is 31.2 Å². The van der Waals surface area contributed by atoms with Crippen molar-refractivity contribution in [3.63, 3.8) is 0 Å². The van der Waals surface area contributed by atoms with Crippen molar-refractivity contribution in [3.8, 4) is 11.5 Å². The molecule has 142 valence electrons. The standard InChI is InChI=1S/C20H18N4O4/c1-13-15(20(26)24(23-13)14-7-3-2-4-8-14)11-21-22-19(25)18-12-27-16-9-5-6-10-17(16)28-18/h2-11,15,18H,12H2,1H3,(H,22,25)/b21-11-/t15-,18+/m0/s1. The maximum atomic E-state index is 12.6. The molecule has 2 aliphatic heterocycles. The molecule has 2 aliphatic rings. The van der Waals surface area contributed by atoms with E-state index >= 15 is 0 Å². The van der Waals surface area contributed by atoms with Crippen molar-refractivity contribution in [1.82, 2.24) is 5.43 Å². The lowest BCUT2D eigenvalue weighted by Crippen LogP contribution is -2.42. The first-order valence-electron chi connectivity index (χ1n) is 8.79. The summed E-state index contributed by atoms with van der Waals surface area (Å²) >= 11 is 0. The Morgan fingerprint density at radius 2 is 1.89 bits per heavy atom. The molecule has 0 radical (unpaired) electrons. The number of nitrogens with one attached hydrogen (secondary N) is 1. The average Bonchev–Trinajstić information content (AvgIpc) is 3.02. The fourth-order valence-electron chi connectivity index (χ4n) is 2.90. The maximum Gasteiger partial charge on any atom is 0.284 e. The summed E-state index contributed by atoms with van der Waals surface area (Å²) in [6, 6.07) is 16.3. The largest absolute Gasteiger partial charge is 0.485 e. The third kappa shape index (κ3) is 3.44. The monoisotopic (exact) mass is 378 g/mol. The summed E-state index contributed by atoms with van der Waals surface area (Å²) in [5.74, 6) is -0.215. The van der Waals surface area contributed by atoms with Crippen LogP contribution in [0, 0.1) is 5.92 Å². The molecule has 2 atom stereocenters. The summed E-state index contributed by atoms with van der Waals surface area (Å²) in [5.41, 5.74) is 3.68. The molecule has 1 N–H and O–H groups in total. The van der Waals surface area contributed by atoms with Crippen LogP contribution in [-0.2, 0) is 9.59 Å². The van der Waals surface area contributed by atoms with Crippen molar-refractivity contribution in [2.24, 2.45) is 16.1 Å². The lowest BCUT2D eigenvalue weighted by Gasteiger charge is -2.24. The van der Waals surface area contributed by atoms with E-state index in [2.05, 4.69) is 15.6 Å². The van der Waals surface area contributed by atoms with E-state index in [-0.39, 0.29) is 12.5 Å². The van der Waals surface area contributed by atoms with E-state index in [9.17, 15) is 9.59 Å². The Hall–Kier alpha value is -3.68. The van der Waals surface area contributed by atoms with Crippen molar-refractivity contribution in [2.45, 2.75) is 13.0 Å². The Morgan fingerprint density at radius 1 is 1.18 bits per heavy atom. The van der Waals surface area contributed by atoms with Gasteiger partial charge in [0.25, 0.3) is 11.8 Å². The van der Waals surface area contributed by atoms with Gasteiger partial charge in [0.15, 0.2) is 11.5 Å². The molecule has 2 amide bonds. The summed E-state index contributed by atoms with van der Waals surface area (Å²) in [5, 5.41) is 9.55. The van der Waals surface area contributed by atoms with Gasteiger partial charge in [-0.15, -0.1) is 0 Å². The average molecular weight is 378 g/mol. The molecule has 0 saturated carbocycles. The molecular formula is C20H18N4O4. The van der Waals surface area contributed by atoms with Crippen molar-refractivity contribution < 1.29 is 19.1 Å². The van der Waals surface area contributed by atoms with Gasteiger partial charge in [-0.1, -0.05) is 30.3 Å². The number of hydrogen-bond acceptors (Lipinski definition) is 6. The number of hydrogen-bond donors (Lipinski definition) is 1. The van der Waals surface area contributed by atoms with Crippen LogP contribution in [0.25, 0.3) is 0 Å². The fourth-order valence-corrected chi connectivity index (χ4v) is 2.90. The van der Waals surface area contributed by atoms with Crippen LogP contribution < -0.4 is 19.9 Å². The number of amides is 2. The summed E-state index contributed by atoms with van der Waals surface area (Å²) in [6.45, 7) is 1.83. The minimum absolute atomic E-state index is 0.0863. The van der Waals surface area contributed by atoms with Crippen LogP contribution in [0.3, 0.4) is 0 Å². The van der Waals surface area contributed by atoms with Gasteiger partial charge in [-0.2, -0.15) is 15.2 Å². The van der Waals surface area contributed by atoms with E-state index < -0.39 is 17.9 Å². The molecule has 4 rings (SSSR count). The third-order valence-corrected chi connectivity index (χ3v) is 4.38. The van der Waals surface area contributed by atoms with Crippen LogP contribution in [-0.4, -0.2) is 36.5 Å². The maximum absolute atomic E-state index is 12.6. The fraction of sp³-hybridized carbons (Fsp3) is 0.200. The number of fused-ring (bicyclic) bond motifs is 1. The molecule has 0 fully saturated rings. The van der Waals surface area contributed by atoms with Gasteiger partial charge in [-0.25, -0.2) is 5.43 Å². The highest BCUT2D eigenvalue weighted by atomic mass is 16.6. The number of hydrazone groups is 2. The zero-order valence-electron chi connectivity index (χ0n) is 15.1. The van der Waals surface area contributed by atoms with Crippen LogP contribution in [0.5, 0.6) is 11.5 Å². The van der Waals surface area contributed by atoms with Gasteiger partial charge in [0, 0.05) is 6.21 Å². The Balaban J connectivity index is 1.37. The minimum Gasteiger partial charge on any atom is -0.485 e. The Bertz CT molecular complexity index is 958. The predicted molar refractivity (Wildman–Crippen MR) is 104 cm³/mol. The number of benzene rings is 2. The SMILES string of the molecule is CC1=NN(c2ccccc2)C(=O)[C@H]1/C=N\NC(=O)[C@H]1COc2ccccc2O1. The second-order valence-corrected chi connectivity index (χ2v) is 6.32. The Morgan fingerprint density at radius 3 is 2.68 bits per heavy atom. The number of ether oxygens (including phenoxy) is 2. The van der Waals surface area contributed by atoms with Crippen LogP contribution in [0.4, 0.5) is 5.69 Å². The van der Waals surface area contributed by atoms with Gasteiger partial charge in [0.2, 0.25) is 6.10 Å². The molecule has 2 aromatic carbocycles. The normalized spacial score (nSPS) is 21.0. The number of carbonyl (C=O) groups excluding carboxylic acids is 2. The molecule has 2 heterocycles. The topological polar surface area (TPSA) is 92.6 Å². The van der Waals surface area contributed by atoms with E-state index in [1.807, 2.05) is 24.3 Å². The molecule has 2 aromatic rings. The van der Waals surface area contributed by atoms with E-state index in [4.69, 9.17) is 9.47 Å². The molecule has 8 nitrogen and oxygen atoms in total. The molecule has 0 saturated heterocycles. The van der Waals surface area contributed by atoms with Crippen molar-refractivity contribution in [2.75, 3.05) is 11.6 Å². The number of rotatable bonds is 4. The zero-order valence-corrected chi connectivity index (χ0v) is 15.1. The van der Waals surface area contributed by atoms with E-state index in [1.165, 1.54) is 11.2 Å². The highest BCUT2D eigenvalue weighted by molar-refractivity contribution is 6.23. The zero-order chi connectivity index (χ0) is 19.5. The first-order valence-corrected chi connectivity index (χ1v) is 8.79. The van der Waals surface area contributed by atoms with Gasteiger partial charge in [-0.3, -0.25) is 9.59 Å². The van der Waals surface area contributed by atoms with E-state index in [0.29, 0.717) is 22.9 Å². The quantitative estimate of drug-likeness (QED) is 0.650. The lowest BCUT2D eigenvalue weighted by atomic mass is 10.1. The number of nitrogens with zero attached hydrogens (tertiary/aromatic N) is 3. The van der Waals surface area contributed by atoms with Crippen molar-refractivity contribution in [3.05, 3.63) is 54.6 Å². The molecule has 0 aromatic heterocycles. The summed E-state index contributed by atoms with van der Waals surface area (Å²) in [6.07, 6.45) is 0.557. The highest BCUT2D eigenvalue weighted by Crippen LogP contribution is 2.30. The van der Waals surface area contributed by atoms with E-state index in [0.717, 1.165) is 0 Å². The molecule has 28 heavy (non-hydrogen) atoms. The molecule has 8 heteroatoms. The smallest absolute Gasteiger partial charge is 0.284 e. The Labute approximate surface area is 161 Å². The number of para-hydroxylation sites is 3. The predicted octanol–water partition coefficient (Wildman–Crippen LogP) is 1.97. The molecular weight excluding hydrogens is 360 g/mol. The van der Waals surface area contributed by atoms with Gasteiger partial charge >= 0.3 is 0 Å². The van der Waals surface area contributed by atoms with Gasteiger partial charge in [0.1, 0.15) is 12.5 Å². The van der Waals surface area contributed by atoms with Crippen molar-refractivity contribution >= 4 is 29.4 Å². The summed E-state index contributed by atoms with van der Waals surface area (Å²) in [4.78, 5) is 24.9. The molecule has 0 aliphatic carbocycles. The first kappa shape index (κ1) is 17.7. The second kappa shape index (κ2) is 7.51. The van der Waals surface area contributed by atoms with Crippen molar-refractivity contribution in [1.29, 1.82) is 0 Å². The Kier molecular flexibility index (Phi) is 4.76. The second-order valence-electron chi connectivity index (χ2n) is 6.32. The van der Waals surface area contributed by atoms with E-state index in [1.54, 1.807) is 37.3 Å². The van der Waals surface area contributed by atoms with Crippen LogP contribution in [0.2, 0.25) is 0 Å². The molecule has 0 spiro atoms. The summed E-state index contributed by atoms with van der Waals surface area (Å²) in [7, 11) is 0. The molecule has 0 bridgehead atoms. The first-order chi connectivity index (χ1) is 13.6.